The second-order valence-electron chi connectivity index (χ2n) is 2.54. The van der Waals surface area contributed by atoms with Gasteiger partial charge in [-0.3, -0.25) is 0 Å². The molecule has 74 valence electrons. The maximum Gasteiger partial charge on any atom is 0.248 e. The van der Waals surface area contributed by atoms with Crippen LogP contribution >= 0.6 is 0 Å². The molecule has 0 amide bonds. The fourth-order valence-corrected chi connectivity index (χ4v) is 0.874. The number of unbranched alkanes of at least 4 members (excludes halogenated alkanes) is 1. The predicted molar refractivity (Wildman–Crippen MR) is 51.8 cm³/mol. The molecule has 0 bridgehead atoms. The lowest BCUT2D eigenvalue weighted by Crippen LogP contribution is -1.93. The fourth-order valence-electron chi connectivity index (χ4n) is 0.874. The summed E-state index contributed by atoms with van der Waals surface area (Å²) >= 11 is 0. The number of rotatable bonds is 3. The van der Waals surface area contributed by atoms with Crippen molar-refractivity contribution in [2.24, 2.45) is 0 Å². The Morgan fingerprint density at radius 1 is 1.43 bits per heavy atom. The van der Waals surface area contributed by atoms with E-state index in [-0.39, 0.29) is 6.61 Å². The largest absolute Gasteiger partial charge is 0.479 e. The first kappa shape index (κ1) is 10.5. The van der Waals surface area contributed by atoms with Gasteiger partial charge in [0.05, 0.1) is 7.11 Å². The van der Waals surface area contributed by atoms with Crippen molar-refractivity contribution < 1.29 is 9.84 Å². The highest BCUT2D eigenvalue weighted by Crippen LogP contribution is 2.08. The highest BCUT2D eigenvalue weighted by atomic mass is 16.5. The van der Waals surface area contributed by atoms with E-state index in [1.165, 1.54) is 7.11 Å². The van der Waals surface area contributed by atoms with Crippen LogP contribution in [-0.2, 0) is 0 Å². The number of aliphatic hydroxyl groups excluding tert-OH is 1. The van der Waals surface area contributed by atoms with Gasteiger partial charge in [-0.25, -0.2) is 9.97 Å². The quantitative estimate of drug-likeness (QED) is 0.563. The van der Waals surface area contributed by atoms with Crippen LogP contribution in [0.2, 0.25) is 0 Å². The zero-order valence-electron chi connectivity index (χ0n) is 8.03. The third-order valence-corrected chi connectivity index (χ3v) is 1.52. The van der Waals surface area contributed by atoms with Crippen molar-refractivity contribution in [3.8, 4) is 17.7 Å². The van der Waals surface area contributed by atoms with Crippen molar-refractivity contribution in [2.45, 2.75) is 12.8 Å². The van der Waals surface area contributed by atoms with E-state index in [1.54, 1.807) is 12.4 Å². The molecule has 4 heteroatoms. The summed E-state index contributed by atoms with van der Waals surface area (Å²) < 4.78 is 4.98. The van der Waals surface area contributed by atoms with Crippen LogP contribution in [0.1, 0.15) is 18.5 Å². The summed E-state index contributed by atoms with van der Waals surface area (Å²) in [5.74, 6) is 6.16. The monoisotopic (exact) mass is 192 g/mol. The van der Waals surface area contributed by atoms with E-state index in [1.807, 2.05) is 0 Å². The van der Waals surface area contributed by atoms with E-state index >= 15 is 0 Å². The molecular formula is C10H12N2O2. The van der Waals surface area contributed by atoms with E-state index in [4.69, 9.17) is 9.84 Å². The number of ether oxygens (including phenoxy) is 1. The molecule has 1 aromatic rings. The van der Waals surface area contributed by atoms with Gasteiger partial charge in [0.1, 0.15) is 0 Å². The molecule has 1 aromatic heterocycles. The van der Waals surface area contributed by atoms with E-state index in [2.05, 4.69) is 21.8 Å². The normalized spacial score (nSPS) is 9.00. The average molecular weight is 192 g/mol. The maximum absolute atomic E-state index is 8.54. The second-order valence-corrected chi connectivity index (χ2v) is 2.54. The molecular weight excluding hydrogens is 180 g/mol. The van der Waals surface area contributed by atoms with Crippen molar-refractivity contribution in [2.75, 3.05) is 13.7 Å². The Labute approximate surface area is 83.0 Å². The first-order chi connectivity index (χ1) is 6.88. The molecule has 0 aromatic carbocycles. The van der Waals surface area contributed by atoms with Gasteiger partial charge in [0.25, 0.3) is 0 Å². The first-order valence-corrected chi connectivity index (χ1v) is 4.33. The minimum absolute atomic E-state index is 0.159. The average Bonchev–Trinajstić information content (AvgIpc) is 2.25. The molecule has 0 fully saturated rings. The summed E-state index contributed by atoms with van der Waals surface area (Å²) in [7, 11) is 1.53. The smallest absolute Gasteiger partial charge is 0.248 e. The molecule has 0 unspecified atom stereocenters. The Hall–Kier alpha value is -1.60. The molecule has 14 heavy (non-hydrogen) atoms. The summed E-state index contributed by atoms with van der Waals surface area (Å²) in [6.07, 6.45) is 4.45. The summed E-state index contributed by atoms with van der Waals surface area (Å²) in [5.41, 5.74) is 0.535. The Kier molecular flexibility index (Phi) is 4.45. The zero-order valence-corrected chi connectivity index (χ0v) is 8.03. The van der Waals surface area contributed by atoms with Gasteiger partial charge in [0.2, 0.25) is 5.88 Å². The Morgan fingerprint density at radius 2 is 2.21 bits per heavy atom. The van der Waals surface area contributed by atoms with Crippen LogP contribution in [0.15, 0.2) is 12.4 Å². The molecule has 0 aliphatic rings. The van der Waals surface area contributed by atoms with Gasteiger partial charge in [-0.05, 0) is 12.3 Å². The zero-order chi connectivity index (χ0) is 10.2. The number of hydrogen-bond acceptors (Lipinski definition) is 4. The second kappa shape index (κ2) is 5.95. The lowest BCUT2D eigenvalue weighted by Gasteiger charge is -1.98. The molecule has 0 aliphatic carbocycles. The van der Waals surface area contributed by atoms with Crippen LogP contribution in [0.25, 0.3) is 0 Å². The minimum atomic E-state index is 0.159. The summed E-state index contributed by atoms with van der Waals surface area (Å²) in [6, 6.07) is 0. The summed E-state index contributed by atoms with van der Waals surface area (Å²) in [6.45, 7) is 0.159. The van der Waals surface area contributed by atoms with Gasteiger partial charge in [-0.15, -0.1) is 0 Å². The van der Waals surface area contributed by atoms with Gasteiger partial charge < -0.3 is 9.84 Å². The van der Waals surface area contributed by atoms with Gasteiger partial charge in [0.15, 0.2) is 5.69 Å². The lowest BCUT2D eigenvalue weighted by atomic mass is 10.3. The van der Waals surface area contributed by atoms with E-state index in [0.717, 1.165) is 0 Å². The number of hydrogen-bond donors (Lipinski definition) is 1. The van der Waals surface area contributed by atoms with Crippen LogP contribution in [0.4, 0.5) is 0 Å². The van der Waals surface area contributed by atoms with Crippen molar-refractivity contribution in [3.63, 3.8) is 0 Å². The van der Waals surface area contributed by atoms with Crippen LogP contribution in [-0.4, -0.2) is 28.8 Å². The third-order valence-electron chi connectivity index (χ3n) is 1.52. The molecule has 4 nitrogen and oxygen atoms in total. The standard InChI is InChI=1S/C10H12N2O2/c1-14-10-9(11-6-7-12-10)5-3-2-4-8-13/h6-7,13H,2,4,8H2,1H3. The van der Waals surface area contributed by atoms with Crippen LogP contribution < -0.4 is 4.74 Å². The van der Waals surface area contributed by atoms with Crippen LogP contribution in [0.3, 0.4) is 0 Å². The Bertz CT molecular complexity index is 341. The van der Waals surface area contributed by atoms with Crippen molar-refractivity contribution >= 4 is 0 Å². The van der Waals surface area contributed by atoms with E-state index < -0.39 is 0 Å². The van der Waals surface area contributed by atoms with Crippen LogP contribution in [0, 0.1) is 11.8 Å². The molecule has 0 atom stereocenters. The molecule has 0 radical (unpaired) electrons. The molecule has 0 spiro atoms. The minimum Gasteiger partial charge on any atom is -0.479 e. The van der Waals surface area contributed by atoms with Crippen molar-refractivity contribution in [1.29, 1.82) is 0 Å². The number of nitrogens with zero attached hydrogens (tertiary/aromatic N) is 2. The Morgan fingerprint density at radius 3 is 2.93 bits per heavy atom. The first-order valence-electron chi connectivity index (χ1n) is 4.33. The number of methoxy groups -OCH3 is 1. The topological polar surface area (TPSA) is 55.2 Å². The highest BCUT2D eigenvalue weighted by molar-refractivity contribution is 5.35. The van der Waals surface area contributed by atoms with Gasteiger partial charge >= 0.3 is 0 Å². The third kappa shape index (κ3) is 3.04. The molecule has 0 saturated heterocycles. The maximum atomic E-state index is 8.54. The van der Waals surface area contributed by atoms with Gasteiger partial charge in [-0.1, -0.05) is 5.92 Å². The van der Waals surface area contributed by atoms with Gasteiger partial charge in [0, 0.05) is 25.4 Å². The SMILES string of the molecule is COc1nccnc1C#CCCCO. The molecule has 0 aliphatic heterocycles. The molecule has 1 rings (SSSR count). The molecule has 0 saturated carbocycles. The Balaban J connectivity index is 2.68. The summed E-state index contributed by atoms with van der Waals surface area (Å²) in [4.78, 5) is 7.98. The number of aliphatic hydroxyl groups is 1. The fraction of sp³-hybridized carbons (Fsp3) is 0.400. The van der Waals surface area contributed by atoms with Crippen molar-refractivity contribution in [3.05, 3.63) is 18.1 Å². The highest BCUT2D eigenvalue weighted by Gasteiger charge is 1.99. The van der Waals surface area contributed by atoms with E-state index in [9.17, 15) is 0 Å². The number of aromatic nitrogens is 2. The molecule has 1 heterocycles. The van der Waals surface area contributed by atoms with E-state index in [0.29, 0.717) is 24.4 Å². The van der Waals surface area contributed by atoms with Gasteiger partial charge in [-0.2, -0.15) is 0 Å². The van der Waals surface area contributed by atoms with Crippen LogP contribution in [0.5, 0.6) is 5.88 Å². The van der Waals surface area contributed by atoms with Crippen molar-refractivity contribution in [1.82, 2.24) is 9.97 Å². The summed E-state index contributed by atoms with van der Waals surface area (Å²) in [5, 5.41) is 8.54. The lowest BCUT2D eigenvalue weighted by molar-refractivity contribution is 0.290. The predicted octanol–water partition coefficient (Wildman–Crippen LogP) is 0.609. The molecule has 1 N–H and O–H groups in total.